The second kappa shape index (κ2) is 4.03. The van der Waals surface area contributed by atoms with Crippen LogP contribution in [0.5, 0.6) is 0 Å². The lowest BCUT2D eigenvalue weighted by atomic mass is 10.1. The van der Waals surface area contributed by atoms with Crippen molar-refractivity contribution >= 4 is 17.4 Å². The van der Waals surface area contributed by atoms with Gasteiger partial charge in [0.25, 0.3) is 0 Å². The predicted octanol–water partition coefficient (Wildman–Crippen LogP) is 1.86. The summed E-state index contributed by atoms with van der Waals surface area (Å²) in [6, 6.07) is 0. The van der Waals surface area contributed by atoms with E-state index < -0.39 is 0 Å². The lowest BCUT2D eigenvalue weighted by Gasteiger charge is -1.99. The monoisotopic (exact) mass is 194 g/mol. The number of nitrogens with one attached hydrogen (secondary N) is 1. The van der Waals surface area contributed by atoms with E-state index >= 15 is 0 Å². The van der Waals surface area contributed by atoms with Crippen LogP contribution in [0, 0.1) is 0 Å². The molecule has 0 atom stereocenters. The number of aryl methyl sites for hydroxylation is 1. The van der Waals surface area contributed by atoms with E-state index in [1.807, 2.05) is 18.4 Å². The first-order chi connectivity index (χ1) is 6.40. The molecule has 1 aliphatic carbocycles. The number of aromatic nitrogens is 1. The lowest BCUT2D eigenvalue weighted by molar-refractivity contribution is 0.787. The third-order valence-corrected chi connectivity index (χ3v) is 3.37. The van der Waals surface area contributed by atoms with Gasteiger partial charge in [-0.05, 0) is 26.0 Å². The first kappa shape index (κ1) is 8.91. The molecule has 1 aromatic rings. The maximum Gasteiger partial charge on any atom is 0.0947 e. The summed E-state index contributed by atoms with van der Waals surface area (Å²) in [4.78, 5) is 6.05. The first-order valence-corrected chi connectivity index (χ1v) is 5.51. The number of fused-ring (bicyclic) bond motifs is 1. The Morgan fingerprint density at radius 2 is 2.54 bits per heavy atom. The van der Waals surface area contributed by atoms with E-state index in [9.17, 15) is 0 Å². The second-order valence-corrected chi connectivity index (χ2v) is 4.38. The highest BCUT2D eigenvalue weighted by Crippen LogP contribution is 2.25. The third-order valence-electron chi connectivity index (χ3n) is 2.17. The summed E-state index contributed by atoms with van der Waals surface area (Å²) in [5, 5.41) is 4.41. The molecule has 0 fully saturated rings. The molecule has 0 saturated carbocycles. The van der Waals surface area contributed by atoms with Crippen LogP contribution in [0.25, 0.3) is 6.08 Å². The Labute approximate surface area is 82.7 Å². The minimum atomic E-state index is 1.02. The molecule has 0 radical (unpaired) electrons. The molecule has 0 amide bonds. The molecule has 0 aliphatic heterocycles. The van der Waals surface area contributed by atoms with Crippen molar-refractivity contribution in [3.63, 3.8) is 0 Å². The Morgan fingerprint density at radius 1 is 1.62 bits per heavy atom. The van der Waals surface area contributed by atoms with Gasteiger partial charge in [0, 0.05) is 17.8 Å². The number of allylic oxidation sites excluding steroid dienone is 1. The standard InChI is InChI=1S/C10H14N2S/c1-11-7-6-10-12-8-4-2-3-5-9(8)13-10/h2,4,11H,3,5-7H2,1H3. The van der Waals surface area contributed by atoms with E-state index in [2.05, 4.69) is 22.5 Å². The minimum Gasteiger partial charge on any atom is -0.319 e. The van der Waals surface area contributed by atoms with Crippen molar-refractivity contribution in [2.45, 2.75) is 19.3 Å². The van der Waals surface area contributed by atoms with Crippen LogP contribution in [0.2, 0.25) is 0 Å². The molecule has 0 spiro atoms. The Morgan fingerprint density at radius 3 is 3.31 bits per heavy atom. The van der Waals surface area contributed by atoms with Gasteiger partial charge >= 0.3 is 0 Å². The number of thiazole rings is 1. The van der Waals surface area contributed by atoms with Gasteiger partial charge in [0.1, 0.15) is 0 Å². The highest BCUT2D eigenvalue weighted by molar-refractivity contribution is 7.11. The Balaban J connectivity index is 2.12. The van der Waals surface area contributed by atoms with Gasteiger partial charge in [-0.1, -0.05) is 6.08 Å². The predicted molar refractivity (Wildman–Crippen MR) is 57.1 cm³/mol. The molecule has 0 aromatic carbocycles. The van der Waals surface area contributed by atoms with Crippen LogP contribution < -0.4 is 5.32 Å². The maximum atomic E-state index is 4.58. The van der Waals surface area contributed by atoms with E-state index in [1.165, 1.54) is 28.4 Å². The molecule has 1 heterocycles. The van der Waals surface area contributed by atoms with Crippen LogP contribution in [-0.4, -0.2) is 18.6 Å². The molecule has 1 aliphatic rings. The SMILES string of the molecule is CNCCc1nc2c(s1)CCC=C2. The van der Waals surface area contributed by atoms with Crippen LogP contribution in [0.4, 0.5) is 0 Å². The van der Waals surface area contributed by atoms with Crippen molar-refractivity contribution in [3.05, 3.63) is 21.7 Å². The quantitative estimate of drug-likeness (QED) is 0.794. The highest BCUT2D eigenvalue weighted by Gasteiger charge is 2.10. The molecule has 0 saturated heterocycles. The molecule has 2 nitrogen and oxygen atoms in total. The van der Waals surface area contributed by atoms with Gasteiger partial charge in [-0.2, -0.15) is 0 Å². The number of hydrogen-bond donors (Lipinski definition) is 1. The van der Waals surface area contributed by atoms with Crippen LogP contribution in [0.15, 0.2) is 6.08 Å². The van der Waals surface area contributed by atoms with Crippen LogP contribution >= 0.6 is 11.3 Å². The van der Waals surface area contributed by atoms with Crippen LogP contribution in [0.3, 0.4) is 0 Å². The van der Waals surface area contributed by atoms with Crippen molar-refractivity contribution in [2.24, 2.45) is 0 Å². The van der Waals surface area contributed by atoms with Crippen molar-refractivity contribution in [3.8, 4) is 0 Å². The van der Waals surface area contributed by atoms with Gasteiger partial charge in [-0.15, -0.1) is 11.3 Å². The number of hydrogen-bond acceptors (Lipinski definition) is 3. The summed E-state index contributed by atoms with van der Waals surface area (Å²) in [5.41, 5.74) is 1.21. The molecule has 0 bridgehead atoms. The fourth-order valence-electron chi connectivity index (χ4n) is 1.47. The molecule has 1 N–H and O–H groups in total. The van der Waals surface area contributed by atoms with E-state index in [0.29, 0.717) is 0 Å². The fraction of sp³-hybridized carbons (Fsp3) is 0.500. The van der Waals surface area contributed by atoms with Gasteiger partial charge in [0.05, 0.1) is 10.7 Å². The van der Waals surface area contributed by atoms with Crippen LogP contribution in [-0.2, 0) is 12.8 Å². The first-order valence-electron chi connectivity index (χ1n) is 4.70. The number of rotatable bonds is 3. The molecule has 2 rings (SSSR count). The second-order valence-electron chi connectivity index (χ2n) is 3.21. The zero-order valence-electron chi connectivity index (χ0n) is 7.84. The molecule has 70 valence electrons. The van der Waals surface area contributed by atoms with Gasteiger partial charge < -0.3 is 5.32 Å². The summed E-state index contributed by atoms with van der Waals surface area (Å²) >= 11 is 1.87. The number of nitrogens with zero attached hydrogens (tertiary/aromatic N) is 1. The smallest absolute Gasteiger partial charge is 0.0947 e. The van der Waals surface area contributed by atoms with Crippen molar-refractivity contribution in [2.75, 3.05) is 13.6 Å². The molecule has 0 unspecified atom stereocenters. The Bertz CT molecular complexity index is 315. The maximum absolute atomic E-state index is 4.58. The summed E-state index contributed by atoms with van der Waals surface area (Å²) in [6.45, 7) is 1.02. The summed E-state index contributed by atoms with van der Waals surface area (Å²) in [6.07, 6.45) is 7.79. The third kappa shape index (κ3) is 1.98. The highest BCUT2D eigenvalue weighted by atomic mass is 32.1. The topological polar surface area (TPSA) is 24.9 Å². The summed E-state index contributed by atoms with van der Waals surface area (Å²) < 4.78 is 0. The largest absolute Gasteiger partial charge is 0.319 e. The molecular weight excluding hydrogens is 180 g/mol. The van der Waals surface area contributed by atoms with Crippen molar-refractivity contribution in [1.29, 1.82) is 0 Å². The fourth-order valence-corrected chi connectivity index (χ4v) is 2.54. The lowest BCUT2D eigenvalue weighted by Crippen LogP contribution is -2.09. The normalized spacial score (nSPS) is 14.5. The Kier molecular flexibility index (Phi) is 2.76. The zero-order valence-corrected chi connectivity index (χ0v) is 8.66. The van der Waals surface area contributed by atoms with Crippen LogP contribution in [0.1, 0.15) is 22.0 Å². The van der Waals surface area contributed by atoms with E-state index in [-0.39, 0.29) is 0 Å². The van der Waals surface area contributed by atoms with Gasteiger partial charge in [0.15, 0.2) is 0 Å². The molecular formula is C10H14N2S. The van der Waals surface area contributed by atoms with E-state index in [4.69, 9.17) is 0 Å². The van der Waals surface area contributed by atoms with Gasteiger partial charge in [0.2, 0.25) is 0 Å². The van der Waals surface area contributed by atoms with Crippen molar-refractivity contribution < 1.29 is 0 Å². The zero-order chi connectivity index (χ0) is 9.10. The van der Waals surface area contributed by atoms with Gasteiger partial charge in [-0.3, -0.25) is 0 Å². The van der Waals surface area contributed by atoms with E-state index in [0.717, 1.165) is 13.0 Å². The molecule has 13 heavy (non-hydrogen) atoms. The Hall–Kier alpha value is -0.670. The molecule has 3 heteroatoms. The summed E-state index contributed by atoms with van der Waals surface area (Å²) in [7, 11) is 1.98. The average molecular weight is 194 g/mol. The summed E-state index contributed by atoms with van der Waals surface area (Å²) in [5.74, 6) is 0. The average Bonchev–Trinajstić information content (AvgIpc) is 2.57. The number of likely N-dealkylation sites (N-methyl/N-ethyl adjacent to an activating group) is 1. The van der Waals surface area contributed by atoms with Gasteiger partial charge in [-0.25, -0.2) is 4.98 Å². The van der Waals surface area contributed by atoms with E-state index in [1.54, 1.807) is 0 Å². The van der Waals surface area contributed by atoms with Crippen molar-refractivity contribution in [1.82, 2.24) is 10.3 Å². The minimum absolute atomic E-state index is 1.02. The molecule has 1 aromatic heterocycles.